The molecule has 1 fully saturated rings. The second-order valence-corrected chi connectivity index (χ2v) is 9.51. The fourth-order valence-corrected chi connectivity index (χ4v) is 5.50. The quantitative estimate of drug-likeness (QED) is 0.547. The molecule has 5 rings (SSSR count). The maximum Gasteiger partial charge on any atom is 0.151 e. The van der Waals surface area contributed by atoms with Gasteiger partial charge in [0, 0.05) is 28.3 Å². The van der Waals surface area contributed by atoms with Gasteiger partial charge in [0.15, 0.2) is 5.82 Å². The molecule has 27 heavy (non-hydrogen) atoms. The summed E-state index contributed by atoms with van der Waals surface area (Å²) in [5.41, 5.74) is 4.54. The van der Waals surface area contributed by atoms with E-state index in [4.69, 9.17) is 10.1 Å². The number of fused-ring (bicyclic) bond motifs is 5. The molecule has 6 heteroatoms. The highest BCUT2D eigenvalue weighted by Crippen LogP contribution is 2.56. The van der Waals surface area contributed by atoms with Crippen LogP contribution >= 0.6 is 11.3 Å². The van der Waals surface area contributed by atoms with Crippen molar-refractivity contribution in [2.45, 2.75) is 57.3 Å². The minimum absolute atomic E-state index is 0.0252. The first-order valence-electron chi connectivity index (χ1n) is 9.37. The van der Waals surface area contributed by atoms with Crippen molar-refractivity contribution < 1.29 is 8.78 Å². The first-order valence-corrected chi connectivity index (χ1v) is 10.3. The fraction of sp³-hybridized carbons (Fsp3) is 0.429. The van der Waals surface area contributed by atoms with E-state index in [2.05, 4.69) is 26.2 Å². The highest BCUT2D eigenvalue weighted by molar-refractivity contribution is 7.13. The maximum absolute atomic E-state index is 14.5. The molecule has 2 heterocycles. The van der Waals surface area contributed by atoms with Crippen molar-refractivity contribution in [3.63, 3.8) is 0 Å². The predicted octanol–water partition coefficient (Wildman–Crippen LogP) is 5.94. The summed E-state index contributed by atoms with van der Waals surface area (Å²) in [6.45, 7) is 6.43. The van der Waals surface area contributed by atoms with Crippen LogP contribution in [-0.2, 0) is 5.41 Å². The Hall–Kier alpha value is -2.08. The fourth-order valence-electron chi connectivity index (χ4n) is 4.45. The molecule has 0 N–H and O–H groups in total. The second-order valence-electron chi connectivity index (χ2n) is 8.65. The SMILES string of the molecule is CC(C)(C)c1csc(-c2nn(-c3ccc(F)cc3F)c3c2C2CCC3C2)n1. The zero-order valence-electron chi connectivity index (χ0n) is 15.6. The van der Waals surface area contributed by atoms with Crippen LogP contribution in [0.4, 0.5) is 8.78 Å². The normalized spacial score (nSPS) is 21.1. The number of thiazole rings is 1. The molecular weight excluding hydrogens is 364 g/mol. The van der Waals surface area contributed by atoms with Gasteiger partial charge in [0.05, 0.1) is 11.4 Å². The summed E-state index contributed by atoms with van der Waals surface area (Å²) in [5.74, 6) is -0.280. The van der Waals surface area contributed by atoms with Gasteiger partial charge in [-0.2, -0.15) is 5.10 Å². The van der Waals surface area contributed by atoms with Crippen LogP contribution in [0.3, 0.4) is 0 Å². The van der Waals surface area contributed by atoms with E-state index in [9.17, 15) is 8.78 Å². The van der Waals surface area contributed by atoms with E-state index in [-0.39, 0.29) is 5.41 Å². The Bertz CT molecular complexity index is 1040. The maximum atomic E-state index is 14.5. The van der Waals surface area contributed by atoms with Gasteiger partial charge in [-0.05, 0) is 37.3 Å². The summed E-state index contributed by atoms with van der Waals surface area (Å²) < 4.78 is 29.6. The van der Waals surface area contributed by atoms with Gasteiger partial charge in [0.25, 0.3) is 0 Å². The van der Waals surface area contributed by atoms with Gasteiger partial charge >= 0.3 is 0 Å². The van der Waals surface area contributed by atoms with Crippen molar-refractivity contribution >= 4 is 11.3 Å². The molecule has 2 aliphatic carbocycles. The van der Waals surface area contributed by atoms with Crippen molar-refractivity contribution in [2.24, 2.45) is 0 Å². The van der Waals surface area contributed by atoms with Crippen LogP contribution in [0, 0.1) is 11.6 Å². The molecule has 3 nitrogen and oxygen atoms in total. The van der Waals surface area contributed by atoms with E-state index in [1.807, 2.05) is 0 Å². The molecule has 0 radical (unpaired) electrons. The van der Waals surface area contributed by atoms with Crippen LogP contribution < -0.4 is 0 Å². The molecule has 2 atom stereocenters. The first kappa shape index (κ1) is 17.0. The van der Waals surface area contributed by atoms with Gasteiger partial charge in [-0.1, -0.05) is 20.8 Å². The Morgan fingerprint density at radius 1 is 1.15 bits per heavy atom. The van der Waals surface area contributed by atoms with Crippen LogP contribution in [0.2, 0.25) is 0 Å². The molecule has 0 spiro atoms. The summed E-state index contributed by atoms with van der Waals surface area (Å²) >= 11 is 1.60. The lowest BCUT2D eigenvalue weighted by atomic mass is 9.93. The van der Waals surface area contributed by atoms with Crippen LogP contribution in [0.1, 0.15) is 68.8 Å². The summed E-state index contributed by atoms with van der Waals surface area (Å²) in [7, 11) is 0. The van der Waals surface area contributed by atoms with Crippen molar-refractivity contribution in [2.75, 3.05) is 0 Å². The Morgan fingerprint density at radius 3 is 2.63 bits per heavy atom. The standard InChI is InChI=1S/C21H21F2N3S/c1-21(2,3)16-10-27-20(24-16)18-17-11-4-5-12(8-11)19(17)26(25-18)15-7-6-13(22)9-14(15)23/h6-7,9-12H,4-5,8H2,1-3H3. The van der Waals surface area contributed by atoms with Crippen molar-refractivity contribution in [3.05, 3.63) is 52.2 Å². The van der Waals surface area contributed by atoms with Crippen LogP contribution in [0.25, 0.3) is 16.4 Å². The molecule has 2 bridgehead atoms. The van der Waals surface area contributed by atoms with Gasteiger partial charge in [0.1, 0.15) is 22.2 Å². The molecule has 2 unspecified atom stereocenters. The number of rotatable bonds is 2. The largest absolute Gasteiger partial charge is 0.239 e. The van der Waals surface area contributed by atoms with Crippen LogP contribution in [-0.4, -0.2) is 14.8 Å². The summed E-state index contributed by atoms with van der Waals surface area (Å²) in [4.78, 5) is 4.85. The lowest BCUT2D eigenvalue weighted by Gasteiger charge is -2.14. The lowest BCUT2D eigenvalue weighted by molar-refractivity contribution is 0.567. The summed E-state index contributed by atoms with van der Waals surface area (Å²) in [5, 5.41) is 7.78. The molecule has 2 aromatic heterocycles. The molecule has 0 amide bonds. The average Bonchev–Trinajstić information content (AvgIpc) is 3.35. The molecule has 0 aliphatic heterocycles. The van der Waals surface area contributed by atoms with Gasteiger partial charge < -0.3 is 0 Å². The predicted molar refractivity (Wildman–Crippen MR) is 103 cm³/mol. The van der Waals surface area contributed by atoms with Crippen LogP contribution in [0.5, 0.6) is 0 Å². The Kier molecular flexibility index (Phi) is 3.60. The first-order chi connectivity index (χ1) is 12.8. The van der Waals surface area contributed by atoms with E-state index >= 15 is 0 Å². The van der Waals surface area contributed by atoms with Gasteiger partial charge in [-0.3, -0.25) is 0 Å². The van der Waals surface area contributed by atoms with E-state index in [0.717, 1.165) is 47.4 Å². The molecular formula is C21H21F2N3S. The molecule has 140 valence electrons. The van der Waals surface area contributed by atoms with Crippen molar-refractivity contribution in [3.8, 4) is 16.4 Å². The van der Waals surface area contributed by atoms with Crippen LogP contribution in [0.15, 0.2) is 23.6 Å². The number of nitrogens with zero attached hydrogens (tertiary/aromatic N) is 3. The van der Waals surface area contributed by atoms with Gasteiger partial charge in [-0.15, -0.1) is 11.3 Å². The van der Waals surface area contributed by atoms with E-state index in [1.165, 1.54) is 17.7 Å². The third-order valence-electron chi connectivity index (χ3n) is 5.80. The minimum atomic E-state index is -0.579. The monoisotopic (exact) mass is 385 g/mol. The number of hydrogen-bond donors (Lipinski definition) is 0. The third kappa shape index (κ3) is 2.57. The third-order valence-corrected chi connectivity index (χ3v) is 6.65. The van der Waals surface area contributed by atoms with Crippen molar-refractivity contribution in [1.82, 2.24) is 14.8 Å². The van der Waals surface area contributed by atoms with E-state index in [1.54, 1.807) is 16.0 Å². The lowest BCUT2D eigenvalue weighted by Crippen LogP contribution is -2.11. The Morgan fingerprint density at radius 2 is 1.93 bits per heavy atom. The molecule has 3 aromatic rings. The smallest absolute Gasteiger partial charge is 0.151 e. The zero-order valence-corrected chi connectivity index (χ0v) is 16.4. The highest BCUT2D eigenvalue weighted by atomic mass is 32.1. The van der Waals surface area contributed by atoms with Crippen molar-refractivity contribution in [1.29, 1.82) is 0 Å². The number of hydrogen-bond acceptors (Lipinski definition) is 3. The van der Waals surface area contributed by atoms with Gasteiger partial charge in [-0.25, -0.2) is 18.4 Å². The molecule has 1 saturated carbocycles. The average molecular weight is 385 g/mol. The zero-order chi connectivity index (χ0) is 18.9. The number of benzene rings is 1. The second kappa shape index (κ2) is 5.71. The number of aromatic nitrogens is 3. The minimum Gasteiger partial charge on any atom is -0.239 e. The Balaban J connectivity index is 1.70. The Labute approximate surface area is 161 Å². The summed E-state index contributed by atoms with van der Waals surface area (Å²) in [6.07, 6.45) is 3.36. The van der Waals surface area contributed by atoms with E-state index < -0.39 is 11.6 Å². The topological polar surface area (TPSA) is 30.7 Å². The summed E-state index contributed by atoms with van der Waals surface area (Å²) in [6, 6.07) is 3.70. The van der Waals surface area contributed by atoms with Gasteiger partial charge in [0.2, 0.25) is 0 Å². The highest BCUT2D eigenvalue weighted by Gasteiger charge is 2.43. The number of halogens is 2. The molecule has 0 saturated heterocycles. The molecule has 2 aliphatic rings. The molecule has 1 aromatic carbocycles. The van der Waals surface area contributed by atoms with E-state index in [0.29, 0.717) is 17.5 Å².